The van der Waals surface area contributed by atoms with Gasteiger partial charge in [0.05, 0.1) is 5.92 Å². The standard InChI is InChI=1S/C17H15BrN2O2/c1-9-5-13(21)16-14(6-9)22-17(20)12(8-19)15(16)10-3-2-4-11(18)7-10/h2-4,7,9,15H,5-6,20H2,1H3/t9-,15-/m0/s1. The van der Waals surface area contributed by atoms with Crippen LogP contribution in [0.3, 0.4) is 0 Å². The zero-order valence-electron chi connectivity index (χ0n) is 12.1. The summed E-state index contributed by atoms with van der Waals surface area (Å²) >= 11 is 3.44. The van der Waals surface area contributed by atoms with Crippen molar-refractivity contribution < 1.29 is 9.53 Å². The Kier molecular flexibility index (Phi) is 3.79. The summed E-state index contributed by atoms with van der Waals surface area (Å²) < 4.78 is 6.49. The van der Waals surface area contributed by atoms with Gasteiger partial charge in [-0.3, -0.25) is 4.79 Å². The van der Waals surface area contributed by atoms with Crippen LogP contribution >= 0.6 is 15.9 Å². The Labute approximate surface area is 137 Å². The van der Waals surface area contributed by atoms with E-state index < -0.39 is 5.92 Å². The van der Waals surface area contributed by atoms with Crippen molar-refractivity contribution in [3.63, 3.8) is 0 Å². The first-order valence-electron chi connectivity index (χ1n) is 7.10. The van der Waals surface area contributed by atoms with E-state index in [4.69, 9.17) is 10.5 Å². The molecule has 1 aromatic rings. The van der Waals surface area contributed by atoms with E-state index in [0.29, 0.717) is 29.7 Å². The number of ether oxygens (including phenoxy) is 1. The van der Waals surface area contributed by atoms with Crippen molar-refractivity contribution >= 4 is 21.7 Å². The van der Waals surface area contributed by atoms with Gasteiger partial charge in [0, 0.05) is 22.9 Å². The van der Waals surface area contributed by atoms with E-state index in [0.717, 1.165) is 10.0 Å². The van der Waals surface area contributed by atoms with Crippen molar-refractivity contribution in [1.29, 1.82) is 5.26 Å². The van der Waals surface area contributed by atoms with Crippen LogP contribution in [0.5, 0.6) is 0 Å². The number of nitrogens with two attached hydrogens (primary N) is 1. The van der Waals surface area contributed by atoms with E-state index in [2.05, 4.69) is 22.0 Å². The van der Waals surface area contributed by atoms with E-state index in [1.165, 1.54) is 0 Å². The molecule has 0 radical (unpaired) electrons. The first-order valence-corrected chi connectivity index (χ1v) is 7.89. The van der Waals surface area contributed by atoms with Crippen molar-refractivity contribution in [2.75, 3.05) is 0 Å². The molecule has 0 bridgehead atoms. The number of nitrogens with zero attached hydrogens (tertiary/aromatic N) is 1. The van der Waals surface area contributed by atoms with Crippen LogP contribution in [0.2, 0.25) is 0 Å². The van der Waals surface area contributed by atoms with Gasteiger partial charge in [0.2, 0.25) is 5.88 Å². The average Bonchev–Trinajstić information content (AvgIpc) is 2.45. The molecule has 112 valence electrons. The van der Waals surface area contributed by atoms with Gasteiger partial charge in [-0.05, 0) is 23.6 Å². The van der Waals surface area contributed by atoms with Crippen molar-refractivity contribution in [1.82, 2.24) is 0 Å². The Hall–Kier alpha value is -2.06. The van der Waals surface area contributed by atoms with Gasteiger partial charge in [-0.2, -0.15) is 5.26 Å². The Morgan fingerprint density at radius 3 is 2.86 bits per heavy atom. The van der Waals surface area contributed by atoms with Crippen molar-refractivity contribution in [3.05, 3.63) is 57.1 Å². The number of rotatable bonds is 1. The number of Topliss-reactive ketones (excluding diaryl/α,β-unsaturated/α-hetero) is 1. The first kappa shape index (κ1) is 14.9. The van der Waals surface area contributed by atoms with Gasteiger partial charge < -0.3 is 10.5 Å². The molecule has 0 saturated carbocycles. The highest BCUT2D eigenvalue weighted by atomic mass is 79.9. The molecule has 0 aromatic heterocycles. The number of carbonyl (C=O) groups excluding carboxylic acids is 1. The lowest BCUT2D eigenvalue weighted by molar-refractivity contribution is -0.117. The third-order valence-electron chi connectivity index (χ3n) is 4.05. The maximum absolute atomic E-state index is 12.6. The predicted octanol–water partition coefficient (Wildman–Crippen LogP) is 3.51. The first-order chi connectivity index (χ1) is 10.5. The number of halogens is 1. The number of hydrogen-bond acceptors (Lipinski definition) is 4. The number of hydrogen-bond donors (Lipinski definition) is 1. The summed E-state index contributed by atoms with van der Waals surface area (Å²) in [5.41, 5.74) is 7.69. The fourth-order valence-corrected chi connectivity index (χ4v) is 3.53. The third-order valence-corrected chi connectivity index (χ3v) is 4.54. The van der Waals surface area contributed by atoms with Crippen LogP contribution in [0.1, 0.15) is 31.2 Å². The molecule has 0 saturated heterocycles. The van der Waals surface area contributed by atoms with E-state index in [9.17, 15) is 10.1 Å². The highest BCUT2D eigenvalue weighted by Crippen LogP contribution is 2.44. The Morgan fingerprint density at radius 1 is 1.41 bits per heavy atom. The fourth-order valence-electron chi connectivity index (χ4n) is 3.11. The molecule has 2 aliphatic rings. The molecular formula is C17H15BrN2O2. The maximum Gasteiger partial charge on any atom is 0.205 e. The van der Waals surface area contributed by atoms with Gasteiger partial charge in [0.1, 0.15) is 17.4 Å². The van der Waals surface area contributed by atoms with Crippen molar-refractivity contribution in [2.24, 2.45) is 11.7 Å². The summed E-state index contributed by atoms with van der Waals surface area (Å²) in [4.78, 5) is 12.6. The topological polar surface area (TPSA) is 76.1 Å². The molecule has 3 rings (SSSR count). The second-order valence-corrected chi connectivity index (χ2v) is 6.67. The van der Waals surface area contributed by atoms with Crippen molar-refractivity contribution in [2.45, 2.75) is 25.7 Å². The van der Waals surface area contributed by atoms with E-state index in [1.54, 1.807) is 0 Å². The second-order valence-electron chi connectivity index (χ2n) is 5.75. The summed E-state index contributed by atoms with van der Waals surface area (Å²) in [6.45, 7) is 2.01. The average molecular weight is 359 g/mol. The Balaban J connectivity index is 2.19. The molecule has 0 unspecified atom stereocenters. The highest BCUT2D eigenvalue weighted by molar-refractivity contribution is 9.10. The minimum atomic E-state index is -0.439. The molecule has 1 aliphatic heterocycles. The number of allylic oxidation sites excluding steroid dienone is 3. The van der Waals surface area contributed by atoms with Crippen LogP contribution in [0.4, 0.5) is 0 Å². The van der Waals surface area contributed by atoms with Gasteiger partial charge in [-0.15, -0.1) is 0 Å². The lowest BCUT2D eigenvalue weighted by atomic mass is 9.75. The Morgan fingerprint density at radius 2 is 2.18 bits per heavy atom. The van der Waals surface area contributed by atoms with Crippen LogP contribution in [0.25, 0.3) is 0 Å². The van der Waals surface area contributed by atoms with Gasteiger partial charge in [-0.25, -0.2) is 0 Å². The summed E-state index contributed by atoms with van der Waals surface area (Å²) in [5, 5.41) is 9.48. The van der Waals surface area contributed by atoms with Crippen LogP contribution in [0.15, 0.2) is 51.5 Å². The minimum Gasteiger partial charge on any atom is -0.444 e. The normalized spacial score (nSPS) is 24.7. The van der Waals surface area contributed by atoms with Gasteiger partial charge in [0.15, 0.2) is 5.78 Å². The second kappa shape index (κ2) is 5.62. The number of nitriles is 1. The highest BCUT2D eigenvalue weighted by Gasteiger charge is 2.39. The molecule has 1 heterocycles. The van der Waals surface area contributed by atoms with Crippen molar-refractivity contribution in [3.8, 4) is 6.07 Å². The lowest BCUT2D eigenvalue weighted by Crippen LogP contribution is -2.29. The summed E-state index contributed by atoms with van der Waals surface area (Å²) in [6, 6.07) is 9.72. The predicted molar refractivity (Wildman–Crippen MR) is 85.2 cm³/mol. The van der Waals surface area contributed by atoms with Gasteiger partial charge >= 0.3 is 0 Å². The molecule has 0 amide bonds. The lowest BCUT2D eigenvalue weighted by Gasteiger charge is -2.33. The monoisotopic (exact) mass is 358 g/mol. The summed E-state index contributed by atoms with van der Waals surface area (Å²) in [6.07, 6.45) is 1.15. The smallest absolute Gasteiger partial charge is 0.205 e. The minimum absolute atomic E-state index is 0.0407. The number of benzene rings is 1. The zero-order chi connectivity index (χ0) is 15.9. The quantitative estimate of drug-likeness (QED) is 0.833. The zero-order valence-corrected chi connectivity index (χ0v) is 13.7. The largest absolute Gasteiger partial charge is 0.444 e. The molecule has 2 N–H and O–H groups in total. The van der Waals surface area contributed by atoms with E-state index in [1.807, 2.05) is 31.2 Å². The number of carbonyl (C=O) groups is 1. The molecule has 0 spiro atoms. The fraction of sp³-hybridized carbons (Fsp3) is 0.294. The van der Waals surface area contributed by atoms with Gasteiger partial charge in [-0.1, -0.05) is 35.0 Å². The van der Waals surface area contributed by atoms with Crippen LogP contribution < -0.4 is 5.73 Å². The Bertz CT molecular complexity index is 758. The molecule has 4 nitrogen and oxygen atoms in total. The molecule has 22 heavy (non-hydrogen) atoms. The number of ketones is 1. The van der Waals surface area contributed by atoms with Crippen LogP contribution in [-0.4, -0.2) is 5.78 Å². The summed E-state index contributed by atoms with van der Waals surface area (Å²) in [5.74, 6) is 0.550. The van der Waals surface area contributed by atoms with E-state index >= 15 is 0 Å². The SMILES string of the molecule is C[C@H]1CC(=O)C2=C(C1)OC(N)=C(C#N)[C@@H]2c1cccc(Br)c1. The van der Waals surface area contributed by atoms with Gasteiger partial charge in [0.25, 0.3) is 0 Å². The van der Waals surface area contributed by atoms with Crippen LogP contribution in [-0.2, 0) is 9.53 Å². The van der Waals surface area contributed by atoms with Crippen LogP contribution in [0, 0.1) is 17.2 Å². The molecular weight excluding hydrogens is 344 g/mol. The maximum atomic E-state index is 12.6. The molecule has 1 aliphatic carbocycles. The third kappa shape index (κ3) is 2.44. The van der Waals surface area contributed by atoms with E-state index in [-0.39, 0.29) is 17.6 Å². The molecule has 5 heteroatoms. The molecule has 1 aromatic carbocycles. The summed E-state index contributed by atoms with van der Waals surface area (Å²) in [7, 11) is 0. The molecule has 0 fully saturated rings. The molecule has 2 atom stereocenters.